The van der Waals surface area contributed by atoms with Gasteiger partial charge in [-0.2, -0.15) is 0 Å². The molecule has 2 aromatic carbocycles. The standard InChI is InChI=1S/C19H19Cl2NO/c1-12-9-15(10-13(2)19(12)21)23-8-4-5-14-11-22-17-7-3-6-16(20)18(14)17/h3,6-7,9-11,22H,4-5,8H2,1-2H3. The lowest BCUT2D eigenvalue weighted by molar-refractivity contribution is 0.311. The summed E-state index contributed by atoms with van der Waals surface area (Å²) in [5.74, 6) is 0.876. The second-order valence-electron chi connectivity index (χ2n) is 5.80. The average molecular weight is 348 g/mol. The Morgan fingerprint density at radius 1 is 1.09 bits per heavy atom. The Bertz CT molecular complexity index is 815. The zero-order valence-electron chi connectivity index (χ0n) is 13.2. The molecule has 0 radical (unpaired) electrons. The van der Waals surface area contributed by atoms with Crippen molar-refractivity contribution in [3.05, 3.63) is 63.3 Å². The lowest BCUT2D eigenvalue weighted by Gasteiger charge is -2.10. The Morgan fingerprint density at radius 2 is 1.83 bits per heavy atom. The Hall–Kier alpha value is -1.64. The summed E-state index contributed by atoms with van der Waals surface area (Å²) < 4.78 is 5.86. The van der Waals surface area contributed by atoms with E-state index in [4.69, 9.17) is 27.9 Å². The van der Waals surface area contributed by atoms with E-state index in [0.29, 0.717) is 6.61 Å². The Labute approximate surface area is 146 Å². The largest absolute Gasteiger partial charge is 0.494 e. The molecule has 0 atom stereocenters. The molecule has 0 fully saturated rings. The van der Waals surface area contributed by atoms with Gasteiger partial charge in [0.25, 0.3) is 0 Å². The third kappa shape index (κ3) is 3.49. The molecule has 3 rings (SSSR count). The second-order valence-corrected chi connectivity index (χ2v) is 6.58. The molecule has 1 N–H and O–H groups in total. The summed E-state index contributed by atoms with van der Waals surface area (Å²) in [4.78, 5) is 3.27. The van der Waals surface area contributed by atoms with Gasteiger partial charge in [0.2, 0.25) is 0 Å². The zero-order chi connectivity index (χ0) is 16.4. The molecule has 0 aliphatic rings. The fourth-order valence-corrected chi connectivity index (χ4v) is 3.25. The molecule has 1 aromatic heterocycles. The molecular weight excluding hydrogens is 329 g/mol. The van der Waals surface area contributed by atoms with Crippen LogP contribution in [0, 0.1) is 13.8 Å². The van der Waals surface area contributed by atoms with Crippen LogP contribution >= 0.6 is 23.2 Å². The summed E-state index contributed by atoms with van der Waals surface area (Å²) in [6.07, 6.45) is 3.89. The molecule has 0 aliphatic carbocycles. The Balaban J connectivity index is 1.61. The van der Waals surface area contributed by atoms with E-state index in [0.717, 1.165) is 50.7 Å². The van der Waals surface area contributed by atoms with E-state index in [1.54, 1.807) is 0 Å². The van der Waals surface area contributed by atoms with Crippen molar-refractivity contribution in [3.63, 3.8) is 0 Å². The minimum Gasteiger partial charge on any atom is -0.494 e. The first kappa shape index (κ1) is 16.2. The number of aryl methyl sites for hydroxylation is 3. The third-order valence-corrected chi connectivity index (χ3v) is 4.92. The number of rotatable bonds is 5. The lowest BCUT2D eigenvalue weighted by atomic mass is 10.1. The van der Waals surface area contributed by atoms with Gasteiger partial charge in [0.05, 0.1) is 11.6 Å². The average Bonchev–Trinajstić information content (AvgIpc) is 2.94. The maximum atomic E-state index is 6.30. The smallest absolute Gasteiger partial charge is 0.119 e. The number of ether oxygens (including phenoxy) is 1. The molecule has 3 aromatic rings. The van der Waals surface area contributed by atoms with Gasteiger partial charge in [-0.15, -0.1) is 0 Å². The minimum atomic E-state index is 0.664. The van der Waals surface area contributed by atoms with Gasteiger partial charge < -0.3 is 9.72 Å². The lowest BCUT2D eigenvalue weighted by Crippen LogP contribution is -2.00. The number of fused-ring (bicyclic) bond motifs is 1. The number of benzene rings is 2. The van der Waals surface area contributed by atoms with Crippen LogP contribution in [0.15, 0.2) is 36.5 Å². The second kappa shape index (κ2) is 6.86. The topological polar surface area (TPSA) is 25.0 Å². The third-order valence-electron chi connectivity index (χ3n) is 4.01. The maximum absolute atomic E-state index is 6.30. The highest BCUT2D eigenvalue weighted by molar-refractivity contribution is 6.35. The molecule has 1 heterocycles. The Kier molecular flexibility index (Phi) is 4.84. The molecular formula is C19H19Cl2NO. The molecule has 0 amide bonds. The van der Waals surface area contributed by atoms with Crippen LogP contribution in [0.3, 0.4) is 0 Å². The van der Waals surface area contributed by atoms with Crippen molar-refractivity contribution in [2.45, 2.75) is 26.7 Å². The monoisotopic (exact) mass is 347 g/mol. The molecule has 2 nitrogen and oxygen atoms in total. The van der Waals surface area contributed by atoms with Crippen molar-refractivity contribution in [2.75, 3.05) is 6.61 Å². The summed E-state index contributed by atoms with van der Waals surface area (Å²) in [5, 5.41) is 2.72. The first-order chi connectivity index (χ1) is 11.1. The molecule has 0 saturated heterocycles. The van der Waals surface area contributed by atoms with Crippen LogP contribution in [-0.2, 0) is 6.42 Å². The van der Waals surface area contributed by atoms with Gasteiger partial charge in [-0.1, -0.05) is 29.3 Å². The van der Waals surface area contributed by atoms with Crippen molar-refractivity contribution in [3.8, 4) is 5.75 Å². The summed E-state index contributed by atoms with van der Waals surface area (Å²) >= 11 is 12.5. The predicted molar refractivity (Wildman–Crippen MR) is 98.1 cm³/mol. The van der Waals surface area contributed by atoms with E-state index in [-0.39, 0.29) is 0 Å². The first-order valence-corrected chi connectivity index (χ1v) is 8.46. The van der Waals surface area contributed by atoms with Gasteiger partial charge in [0.15, 0.2) is 0 Å². The molecule has 0 spiro atoms. The van der Waals surface area contributed by atoms with Crippen molar-refractivity contribution in [1.29, 1.82) is 0 Å². The summed E-state index contributed by atoms with van der Waals surface area (Å²) in [5.41, 5.74) is 4.41. The van der Waals surface area contributed by atoms with E-state index < -0.39 is 0 Å². The Morgan fingerprint density at radius 3 is 2.57 bits per heavy atom. The molecule has 0 aliphatic heterocycles. The van der Waals surface area contributed by atoms with Crippen LogP contribution in [-0.4, -0.2) is 11.6 Å². The van der Waals surface area contributed by atoms with Gasteiger partial charge in [-0.3, -0.25) is 0 Å². The summed E-state index contributed by atoms with van der Waals surface area (Å²) in [6.45, 7) is 4.66. The van der Waals surface area contributed by atoms with Crippen molar-refractivity contribution in [2.24, 2.45) is 0 Å². The maximum Gasteiger partial charge on any atom is 0.119 e. The highest BCUT2D eigenvalue weighted by Crippen LogP contribution is 2.28. The highest BCUT2D eigenvalue weighted by Gasteiger charge is 2.07. The SMILES string of the molecule is Cc1cc(OCCCc2c[nH]c3cccc(Cl)c23)cc(C)c1Cl. The predicted octanol–water partition coefficient (Wildman–Crippen LogP) is 6.10. The number of hydrogen-bond donors (Lipinski definition) is 1. The fourth-order valence-electron chi connectivity index (χ4n) is 2.85. The fraction of sp³-hybridized carbons (Fsp3) is 0.263. The van der Waals surface area contributed by atoms with E-state index in [9.17, 15) is 0 Å². The van der Waals surface area contributed by atoms with E-state index >= 15 is 0 Å². The van der Waals surface area contributed by atoms with Crippen molar-refractivity contribution < 1.29 is 4.74 Å². The number of nitrogens with one attached hydrogen (secondary N) is 1. The molecule has 4 heteroatoms. The number of hydrogen-bond acceptors (Lipinski definition) is 1. The molecule has 0 saturated carbocycles. The summed E-state index contributed by atoms with van der Waals surface area (Å²) in [7, 11) is 0. The zero-order valence-corrected chi connectivity index (χ0v) is 14.8. The van der Waals surface area contributed by atoms with E-state index in [2.05, 4.69) is 4.98 Å². The van der Waals surface area contributed by atoms with Gasteiger partial charge >= 0.3 is 0 Å². The summed E-state index contributed by atoms with van der Waals surface area (Å²) in [6, 6.07) is 9.90. The highest BCUT2D eigenvalue weighted by atomic mass is 35.5. The van der Waals surface area contributed by atoms with Gasteiger partial charge in [-0.05, 0) is 67.6 Å². The molecule has 120 valence electrons. The number of H-pyrrole nitrogens is 1. The van der Waals surface area contributed by atoms with Gasteiger partial charge in [0, 0.05) is 22.1 Å². The van der Waals surface area contributed by atoms with Crippen LogP contribution in [0.25, 0.3) is 10.9 Å². The molecule has 0 bridgehead atoms. The number of halogens is 2. The molecule has 0 unspecified atom stereocenters. The van der Waals surface area contributed by atoms with Crippen LogP contribution < -0.4 is 4.74 Å². The molecule has 23 heavy (non-hydrogen) atoms. The number of aromatic nitrogens is 1. The quantitative estimate of drug-likeness (QED) is 0.554. The first-order valence-electron chi connectivity index (χ1n) is 7.70. The normalized spacial score (nSPS) is 11.1. The van der Waals surface area contributed by atoms with E-state index in [1.165, 1.54) is 5.56 Å². The van der Waals surface area contributed by atoms with Gasteiger partial charge in [0.1, 0.15) is 5.75 Å². The minimum absolute atomic E-state index is 0.664. The van der Waals surface area contributed by atoms with Gasteiger partial charge in [-0.25, -0.2) is 0 Å². The van der Waals surface area contributed by atoms with Crippen LogP contribution in [0.5, 0.6) is 5.75 Å². The van der Waals surface area contributed by atoms with Crippen LogP contribution in [0.2, 0.25) is 10.0 Å². The number of aromatic amines is 1. The van der Waals surface area contributed by atoms with Crippen LogP contribution in [0.4, 0.5) is 0 Å². The van der Waals surface area contributed by atoms with Crippen molar-refractivity contribution >= 4 is 34.1 Å². The van der Waals surface area contributed by atoms with E-state index in [1.807, 2.05) is 50.4 Å². The van der Waals surface area contributed by atoms with Crippen molar-refractivity contribution in [1.82, 2.24) is 4.98 Å². The van der Waals surface area contributed by atoms with Crippen LogP contribution in [0.1, 0.15) is 23.1 Å².